The summed E-state index contributed by atoms with van der Waals surface area (Å²) in [4.78, 5) is 13.9. The molecule has 2 rings (SSSR count). The van der Waals surface area contributed by atoms with E-state index >= 15 is 0 Å². The summed E-state index contributed by atoms with van der Waals surface area (Å²) in [6.07, 6.45) is 0. The van der Waals surface area contributed by atoms with Crippen LogP contribution >= 0.6 is 33.9 Å². The van der Waals surface area contributed by atoms with Gasteiger partial charge in [-0.25, -0.2) is 0 Å². The van der Waals surface area contributed by atoms with Crippen LogP contribution in [0.4, 0.5) is 0 Å². The molecule has 1 N–H and O–H groups in total. The first-order valence-corrected chi connectivity index (χ1v) is 8.86. The van der Waals surface area contributed by atoms with E-state index in [4.69, 9.17) is 0 Å². The Morgan fingerprint density at radius 3 is 2.52 bits per heavy atom. The summed E-state index contributed by atoms with van der Waals surface area (Å²) >= 11 is 3.93. The Balaban J connectivity index is 2.29. The molecule has 0 aliphatic rings. The van der Waals surface area contributed by atoms with Crippen molar-refractivity contribution < 1.29 is 4.79 Å². The molecule has 0 saturated carbocycles. The molecule has 0 saturated heterocycles. The summed E-state index contributed by atoms with van der Waals surface area (Å²) < 4.78 is 1.02. The first-order chi connectivity index (χ1) is 9.80. The fourth-order valence-corrected chi connectivity index (χ4v) is 3.83. The Hall–Kier alpha value is -0.880. The van der Waals surface area contributed by atoms with Crippen LogP contribution in [0.25, 0.3) is 0 Å². The number of hydrogen-bond donors (Lipinski definition) is 1. The van der Waals surface area contributed by atoms with Crippen LogP contribution in [0.5, 0.6) is 0 Å². The van der Waals surface area contributed by atoms with Crippen LogP contribution < -0.4 is 5.32 Å². The van der Waals surface area contributed by atoms with Crippen LogP contribution in [0, 0.1) is 15.9 Å². The summed E-state index contributed by atoms with van der Waals surface area (Å²) in [5.41, 5.74) is 1.85. The zero-order chi connectivity index (χ0) is 15.6. The standard InChI is InChI=1S/C17H20INOS/c1-11-7-5-8-12(14(11)18)16(20)19-15(17(2,3)4)13-9-6-10-21-13/h5-10,15H,1-4H3,(H,19,20). The number of aryl methyl sites for hydroxylation is 1. The fraction of sp³-hybridized carbons (Fsp3) is 0.353. The molecular formula is C17H20INOS. The van der Waals surface area contributed by atoms with Crippen molar-refractivity contribution in [3.05, 3.63) is 55.3 Å². The van der Waals surface area contributed by atoms with Gasteiger partial charge >= 0.3 is 0 Å². The highest BCUT2D eigenvalue weighted by molar-refractivity contribution is 14.1. The van der Waals surface area contributed by atoms with Crippen molar-refractivity contribution in [2.24, 2.45) is 5.41 Å². The lowest BCUT2D eigenvalue weighted by molar-refractivity contribution is 0.0902. The molecule has 0 aliphatic carbocycles. The number of carbonyl (C=O) groups excluding carboxylic acids is 1. The molecule has 21 heavy (non-hydrogen) atoms. The Bertz CT molecular complexity index is 629. The minimum Gasteiger partial charge on any atom is -0.344 e. The van der Waals surface area contributed by atoms with Gasteiger partial charge in [0.2, 0.25) is 0 Å². The van der Waals surface area contributed by atoms with E-state index in [1.54, 1.807) is 11.3 Å². The third-order valence-corrected chi connectivity index (χ3v) is 5.77. The largest absolute Gasteiger partial charge is 0.344 e. The molecule has 0 fully saturated rings. The van der Waals surface area contributed by atoms with E-state index in [0.717, 1.165) is 14.7 Å². The molecular weight excluding hydrogens is 393 g/mol. The first kappa shape index (κ1) is 16.5. The quantitative estimate of drug-likeness (QED) is 0.691. The van der Waals surface area contributed by atoms with Crippen LogP contribution in [-0.4, -0.2) is 5.91 Å². The average molecular weight is 413 g/mol. The van der Waals surface area contributed by atoms with Gasteiger partial charge in [0.25, 0.3) is 5.91 Å². The van der Waals surface area contributed by atoms with E-state index in [1.165, 1.54) is 4.88 Å². The van der Waals surface area contributed by atoms with Crippen molar-refractivity contribution in [3.63, 3.8) is 0 Å². The van der Waals surface area contributed by atoms with Crippen molar-refractivity contribution in [1.29, 1.82) is 0 Å². The number of rotatable bonds is 3. The minimum atomic E-state index is -0.0320. The Morgan fingerprint density at radius 1 is 1.24 bits per heavy atom. The molecule has 112 valence electrons. The second kappa shape index (κ2) is 6.48. The second-order valence-electron chi connectivity index (χ2n) is 6.22. The highest BCUT2D eigenvalue weighted by Gasteiger charge is 2.29. The first-order valence-electron chi connectivity index (χ1n) is 6.90. The van der Waals surface area contributed by atoms with Gasteiger partial charge in [0.15, 0.2) is 0 Å². The second-order valence-corrected chi connectivity index (χ2v) is 8.28. The van der Waals surface area contributed by atoms with Gasteiger partial charge in [0.05, 0.1) is 11.6 Å². The van der Waals surface area contributed by atoms with Gasteiger partial charge in [0.1, 0.15) is 0 Å². The van der Waals surface area contributed by atoms with Gasteiger partial charge in [-0.3, -0.25) is 4.79 Å². The lowest BCUT2D eigenvalue weighted by Gasteiger charge is -2.31. The molecule has 2 nitrogen and oxygen atoms in total. The van der Waals surface area contributed by atoms with Crippen molar-refractivity contribution in [2.45, 2.75) is 33.7 Å². The Morgan fingerprint density at radius 2 is 1.95 bits per heavy atom. The van der Waals surface area contributed by atoms with Gasteiger partial charge in [-0.15, -0.1) is 11.3 Å². The molecule has 2 aromatic rings. The van der Waals surface area contributed by atoms with E-state index in [2.05, 4.69) is 60.1 Å². The van der Waals surface area contributed by atoms with Crippen molar-refractivity contribution >= 4 is 39.8 Å². The van der Waals surface area contributed by atoms with Gasteiger partial charge in [-0.2, -0.15) is 0 Å². The van der Waals surface area contributed by atoms with Crippen molar-refractivity contribution in [1.82, 2.24) is 5.32 Å². The maximum absolute atomic E-state index is 12.7. The molecule has 1 unspecified atom stereocenters. The minimum absolute atomic E-state index is 0.00331. The molecule has 1 atom stereocenters. The average Bonchev–Trinajstić information content (AvgIpc) is 2.91. The monoisotopic (exact) mass is 413 g/mol. The SMILES string of the molecule is Cc1cccc(C(=O)NC(c2cccs2)C(C)(C)C)c1I. The van der Waals surface area contributed by atoms with E-state index in [9.17, 15) is 4.79 Å². The van der Waals surface area contributed by atoms with Crippen molar-refractivity contribution in [2.75, 3.05) is 0 Å². The van der Waals surface area contributed by atoms with Crippen LogP contribution in [0.15, 0.2) is 35.7 Å². The number of nitrogens with one attached hydrogen (secondary N) is 1. The maximum atomic E-state index is 12.7. The van der Waals surface area contributed by atoms with E-state index in [-0.39, 0.29) is 17.4 Å². The Labute approximate surface area is 144 Å². The number of benzene rings is 1. The van der Waals surface area contributed by atoms with Crippen LogP contribution in [0.3, 0.4) is 0 Å². The number of amides is 1. The number of thiophene rings is 1. The molecule has 1 aromatic heterocycles. The normalized spacial score (nSPS) is 13.0. The molecule has 0 radical (unpaired) electrons. The van der Waals surface area contributed by atoms with Gasteiger partial charge in [0, 0.05) is 8.45 Å². The molecule has 1 heterocycles. The predicted molar refractivity (Wildman–Crippen MR) is 97.9 cm³/mol. The fourth-order valence-electron chi connectivity index (χ4n) is 2.20. The summed E-state index contributed by atoms with van der Waals surface area (Å²) in [5.74, 6) is -0.00331. The number of carbonyl (C=O) groups is 1. The Kier molecular flexibility index (Phi) is 5.09. The third kappa shape index (κ3) is 3.86. The van der Waals surface area contributed by atoms with Gasteiger partial charge < -0.3 is 5.32 Å². The summed E-state index contributed by atoms with van der Waals surface area (Å²) in [5, 5.41) is 5.26. The van der Waals surface area contributed by atoms with E-state index < -0.39 is 0 Å². The van der Waals surface area contributed by atoms with E-state index in [0.29, 0.717) is 0 Å². The maximum Gasteiger partial charge on any atom is 0.252 e. The van der Waals surface area contributed by atoms with Gasteiger partial charge in [-0.1, -0.05) is 39.0 Å². The van der Waals surface area contributed by atoms with E-state index in [1.807, 2.05) is 31.2 Å². The smallest absolute Gasteiger partial charge is 0.252 e. The summed E-state index contributed by atoms with van der Waals surface area (Å²) in [6.45, 7) is 8.48. The van der Waals surface area contributed by atoms with Gasteiger partial charge in [-0.05, 0) is 58.0 Å². The predicted octanol–water partition coefficient (Wildman–Crippen LogP) is 5.18. The lowest BCUT2D eigenvalue weighted by atomic mass is 9.85. The number of hydrogen-bond acceptors (Lipinski definition) is 2. The van der Waals surface area contributed by atoms with Crippen molar-refractivity contribution in [3.8, 4) is 0 Å². The molecule has 4 heteroatoms. The number of halogens is 1. The molecule has 0 bridgehead atoms. The van der Waals surface area contributed by atoms with Crippen LogP contribution in [0.1, 0.15) is 47.6 Å². The highest BCUT2D eigenvalue weighted by Crippen LogP contribution is 2.35. The summed E-state index contributed by atoms with van der Waals surface area (Å²) in [6, 6.07) is 9.98. The summed E-state index contributed by atoms with van der Waals surface area (Å²) in [7, 11) is 0. The molecule has 0 aliphatic heterocycles. The van der Waals surface area contributed by atoms with Crippen LogP contribution in [0.2, 0.25) is 0 Å². The molecule has 1 aromatic carbocycles. The topological polar surface area (TPSA) is 29.1 Å². The molecule has 0 spiro atoms. The zero-order valence-corrected chi connectivity index (χ0v) is 15.7. The molecule has 1 amide bonds. The highest BCUT2D eigenvalue weighted by atomic mass is 127. The third-order valence-electron chi connectivity index (χ3n) is 3.41. The van der Waals surface area contributed by atoms with Crippen LogP contribution in [-0.2, 0) is 0 Å². The lowest BCUT2D eigenvalue weighted by Crippen LogP contribution is -2.36. The zero-order valence-electron chi connectivity index (χ0n) is 12.7.